The van der Waals surface area contributed by atoms with Crippen LogP contribution in [0.2, 0.25) is 5.02 Å². The second-order valence-electron chi connectivity index (χ2n) is 6.35. The van der Waals surface area contributed by atoms with Crippen molar-refractivity contribution in [1.82, 2.24) is 5.32 Å². The molecule has 2 N–H and O–H groups in total. The SMILES string of the molecule is COc1ccc(Cl)cc1N1C[C@@H](C(=O)NCC(=O)Nc2ccccc2)CC1=O. The zero-order chi connectivity index (χ0) is 20.1. The fraction of sp³-hybridized carbons (Fsp3) is 0.250. The number of ether oxygens (including phenoxy) is 1. The molecular formula is C20H20ClN3O4. The summed E-state index contributed by atoms with van der Waals surface area (Å²) in [5.74, 6) is -0.937. The summed E-state index contributed by atoms with van der Waals surface area (Å²) in [5, 5.41) is 5.75. The van der Waals surface area contributed by atoms with Crippen molar-refractivity contribution in [2.24, 2.45) is 5.92 Å². The first-order valence-electron chi connectivity index (χ1n) is 8.74. The molecule has 1 atom stereocenters. The van der Waals surface area contributed by atoms with E-state index in [1.807, 2.05) is 6.07 Å². The molecule has 0 spiro atoms. The number of rotatable bonds is 6. The smallest absolute Gasteiger partial charge is 0.243 e. The zero-order valence-corrected chi connectivity index (χ0v) is 16.0. The molecule has 0 radical (unpaired) electrons. The molecule has 7 nitrogen and oxygen atoms in total. The van der Waals surface area contributed by atoms with Gasteiger partial charge in [-0.15, -0.1) is 0 Å². The number of carbonyl (C=O) groups is 3. The fourth-order valence-electron chi connectivity index (χ4n) is 3.03. The highest BCUT2D eigenvalue weighted by atomic mass is 35.5. The molecule has 0 saturated carbocycles. The maximum Gasteiger partial charge on any atom is 0.243 e. The Hall–Kier alpha value is -3.06. The summed E-state index contributed by atoms with van der Waals surface area (Å²) >= 11 is 6.03. The third-order valence-corrected chi connectivity index (χ3v) is 4.64. The predicted octanol–water partition coefficient (Wildman–Crippen LogP) is 2.46. The van der Waals surface area contributed by atoms with Gasteiger partial charge in [0.25, 0.3) is 0 Å². The number of hydrogen-bond acceptors (Lipinski definition) is 4. The Labute approximate surface area is 167 Å². The minimum atomic E-state index is -0.555. The molecule has 3 rings (SSSR count). The van der Waals surface area contributed by atoms with Crippen LogP contribution in [0.25, 0.3) is 0 Å². The van der Waals surface area contributed by atoms with Gasteiger partial charge < -0.3 is 20.3 Å². The van der Waals surface area contributed by atoms with Gasteiger partial charge in [0.1, 0.15) is 5.75 Å². The highest BCUT2D eigenvalue weighted by Crippen LogP contribution is 2.35. The minimum absolute atomic E-state index is 0.0573. The number of nitrogens with zero attached hydrogens (tertiary/aromatic N) is 1. The highest BCUT2D eigenvalue weighted by molar-refractivity contribution is 6.31. The van der Waals surface area contributed by atoms with Crippen molar-refractivity contribution >= 4 is 40.7 Å². The maximum absolute atomic E-state index is 12.4. The number of carbonyl (C=O) groups excluding carboxylic acids is 3. The molecule has 3 amide bonds. The Morgan fingerprint density at radius 1 is 1.21 bits per heavy atom. The molecule has 1 fully saturated rings. The molecule has 1 aliphatic heterocycles. The zero-order valence-electron chi connectivity index (χ0n) is 15.3. The van der Waals surface area contributed by atoms with E-state index in [4.69, 9.17) is 16.3 Å². The van der Waals surface area contributed by atoms with Gasteiger partial charge in [-0.25, -0.2) is 0 Å². The lowest BCUT2D eigenvalue weighted by molar-refractivity contribution is -0.127. The van der Waals surface area contributed by atoms with Gasteiger partial charge in [0.15, 0.2) is 0 Å². The first-order valence-corrected chi connectivity index (χ1v) is 9.12. The van der Waals surface area contributed by atoms with Crippen LogP contribution in [-0.2, 0) is 14.4 Å². The van der Waals surface area contributed by atoms with Crippen molar-refractivity contribution in [3.63, 3.8) is 0 Å². The molecule has 0 aromatic heterocycles. The van der Waals surface area contributed by atoms with Crippen LogP contribution in [0.4, 0.5) is 11.4 Å². The summed E-state index contributed by atoms with van der Waals surface area (Å²) in [6, 6.07) is 13.9. The number of methoxy groups -OCH3 is 1. The van der Waals surface area contributed by atoms with Gasteiger partial charge in [-0.1, -0.05) is 29.8 Å². The van der Waals surface area contributed by atoms with Gasteiger partial charge in [0.2, 0.25) is 17.7 Å². The molecule has 1 aliphatic rings. The van der Waals surface area contributed by atoms with Crippen LogP contribution in [0.3, 0.4) is 0 Å². The summed E-state index contributed by atoms with van der Waals surface area (Å²) in [6.07, 6.45) is 0.0573. The second-order valence-corrected chi connectivity index (χ2v) is 6.79. The van der Waals surface area contributed by atoms with Crippen LogP contribution in [0.5, 0.6) is 5.75 Å². The van der Waals surface area contributed by atoms with E-state index in [0.717, 1.165) is 0 Å². The Kier molecular flexibility index (Phi) is 6.16. The number of amides is 3. The van der Waals surface area contributed by atoms with E-state index >= 15 is 0 Å². The summed E-state index contributed by atoms with van der Waals surface area (Å²) in [7, 11) is 1.50. The average molecular weight is 402 g/mol. The van der Waals surface area contributed by atoms with Gasteiger partial charge in [-0.2, -0.15) is 0 Å². The van der Waals surface area contributed by atoms with E-state index in [1.54, 1.807) is 42.5 Å². The monoisotopic (exact) mass is 401 g/mol. The van der Waals surface area contributed by atoms with Crippen LogP contribution in [0, 0.1) is 5.92 Å². The van der Waals surface area contributed by atoms with Crippen molar-refractivity contribution in [3.05, 3.63) is 53.6 Å². The summed E-state index contributed by atoms with van der Waals surface area (Å²) in [5.41, 5.74) is 1.18. The molecule has 1 saturated heterocycles. The molecule has 1 heterocycles. The normalized spacial score (nSPS) is 16.0. The maximum atomic E-state index is 12.4. The number of anilines is 2. The van der Waals surface area contributed by atoms with E-state index in [1.165, 1.54) is 12.0 Å². The van der Waals surface area contributed by atoms with E-state index in [0.29, 0.717) is 22.1 Å². The van der Waals surface area contributed by atoms with Gasteiger partial charge in [0, 0.05) is 23.7 Å². The van der Waals surface area contributed by atoms with Gasteiger partial charge in [-0.05, 0) is 30.3 Å². The van der Waals surface area contributed by atoms with Gasteiger partial charge >= 0.3 is 0 Å². The second kappa shape index (κ2) is 8.75. The summed E-state index contributed by atoms with van der Waals surface area (Å²) in [4.78, 5) is 38.3. The number of hydrogen-bond donors (Lipinski definition) is 2. The van der Waals surface area contributed by atoms with Crippen LogP contribution < -0.4 is 20.3 Å². The minimum Gasteiger partial charge on any atom is -0.495 e. The van der Waals surface area contributed by atoms with Crippen molar-refractivity contribution in [3.8, 4) is 5.75 Å². The Balaban J connectivity index is 1.58. The molecule has 0 unspecified atom stereocenters. The van der Waals surface area contributed by atoms with Crippen molar-refractivity contribution in [1.29, 1.82) is 0 Å². The molecule has 28 heavy (non-hydrogen) atoms. The fourth-order valence-corrected chi connectivity index (χ4v) is 3.19. The summed E-state index contributed by atoms with van der Waals surface area (Å²) in [6.45, 7) is 0.0284. The van der Waals surface area contributed by atoms with E-state index < -0.39 is 5.92 Å². The third-order valence-electron chi connectivity index (χ3n) is 4.41. The Morgan fingerprint density at radius 3 is 2.68 bits per heavy atom. The van der Waals surface area contributed by atoms with E-state index in [-0.39, 0.29) is 37.2 Å². The number of halogens is 1. The van der Waals surface area contributed by atoms with Crippen molar-refractivity contribution in [2.45, 2.75) is 6.42 Å². The first kappa shape index (κ1) is 19.7. The third kappa shape index (κ3) is 4.61. The Morgan fingerprint density at radius 2 is 1.96 bits per heavy atom. The highest BCUT2D eigenvalue weighted by Gasteiger charge is 2.36. The van der Waals surface area contributed by atoms with Gasteiger partial charge in [-0.3, -0.25) is 14.4 Å². The largest absolute Gasteiger partial charge is 0.495 e. The molecular weight excluding hydrogens is 382 g/mol. The van der Waals surface area contributed by atoms with E-state index in [9.17, 15) is 14.4 Å². The van der Waals surface area contributed by atoms with E-state index in [2.05, 4.69) is 10.6 Å². The lowest BCUT2D eigenvalue weighted by atomic mass is 10.1. The molecule has 0 aliphatic carbocycles. The average Bonchev–Trinajstić information content (AvgIpc) is 3.08. The standard InChI is InChI=1S/C20H20ClN3O4/c1-28-17-8-7-14(21)10-16(17)24-12-13(9-19(24)26)20(27)22-11-18(25)23-15-5-3-2-4-6-15/h2-8,10,13H,9,11-12H2,1H3,(H,22,27)(H,23,25)/t13-/m0/s1. The van der Waals surface area contributed by atoms with Crippen molar-refractivity contribution in [2.75, 3.05) is 30.4 Å². The van der Waals surface area contributed by atoms with Crippen LogP contribution in [0.15, 0.2) is 48.5 Å². The number of para-hydroxylation sites is 1. The summed E-state index contributed by atoms with van der Waals surface area (Å²) < 4.78 is 5.29. The topological polar surface area (TPSA) is 87.7 Å². The number of benzene rings is 2. The lowest BCUT2D eigenvalue weighted by Gasteiger charge is -2.19. The van der Waals surface area contributed by atoms with Crippen LogP contribution in [-0.4, -0.2) is 37.9 Å². The molecule has 2 aromatic carbocycles. The predicted molar refractivity (Wildman–Crippen MR) is 107 cm³/mol. The Bertz CT molecular complexity index is 888. The molecule has 0 bridgehead atoms. The first-order chi connectivity index (χ1) is 13.5. The van der Waals surface area contributed by atoms with Crippen LogP contribution in [0.1, 0.15) is 6.42 Å². The van der Waals surface area contributed by atoms with Crippen LogP contribution >= 0.6 is 11.6 Å². The van der Waals surface area contributed by atoms with Crippen molar-refractivity contribution < 1.29 is 19.1 Å². The molecule has 8 heteroatoms. The quantitative estimate of drug-likeness (QED) is 0.778. The molecule has 2 aromatic rings. The number of nitrogens with one attached hydrogen (secondary N) is 2. The van der Waals surface area contributed by atoms with Gasteiger partial charge in [0.05, 0.1) is 25.3 Å². The lowest BCUT2D eigenvalue weighted by Crippen LogP contribution is -2.37. The molecule has 146 valence electrons.